The van der Waals surface area contributed by atoms with E-state index in [0.29, 0.717) is 36.5 Å². The van der Waals surface area contributed by atoms with Crippen LogP contribution in [0.2, 0.25) is 5.02 Å². The molecular weight excluding hydrogens is 318 g/mol. The Bertz CT molecular complexity index is 690. The lowest BCUT2D eigenvalue weighted by Crippen LogP contribution is -2.45. The smallest absolute Gasteiger partial charge is 0.343 e. The minimum Gasteiger partial charge on any atom is -0.507 e. The number of carbonyl (C=O) groups is 1. The first-order valence-electron chi connectivity index (χ1n) is 7.62. The highest BCUT2D eigenvalue weighted by Gasteiger charge is 2.50. The zero-order valence-corrected chi connectivity index (χ0v) is 14.2. The number of rotatable bonds is 2. The predicted octanol–water partition coefficient (Wildman–Crippen LogP) is 3.18. The van der Waals surface area contributed by atoms with Gasteiger partial charge in [-0.2, -0.15) is 5.06 Å². The highest BCUT2D eigenvalue weighted by Crippen LogP contribution is 2.44. The molecule has 1 saturated heterocycles. The SMILES string of the molecule is CON1CCC2(CC1)OC(=O)C(c1c(C)ccc(Cl)c1C)=C2O. The Labute approximate surface area is 140 Å². The average Bonchev–Trinajstić information content (AvgIpc) is 2.77. The van der Waals surface area contributed by atoms with Crippen molar-refractivity contribution in [1.29, 1.82) is 0 Å². The maximum absolute atomic E-state index is 12.5. The topological polar surface area (TPSA) is 59.0 Å². The summed E-state index contributed by atoms with van der Waals surface area (Å²) >= 11 is 6.20. The molecule has 0 amide bonds. The second kappa shape index (κ2) is 5.82. The highest BCUT2D eigenvalue weighted by molar-refractivity contribution is 6.32. The molecule has 2 heterocycles. The third-order valence-corrected chi connectivity index (χ3v) is 5.22. The number of aliphatic hydroxyl groups is 1. The van der Waals surface area contributed by atoms with Crippen LogP contribution in [0, 0.1) is 13.8 Å². The number of aryl methyl sites for hydroxylation is 1. The number of carbonyl (C=O) groups excluding carboxylic acids is 1. The molecule has 0 unspecified atom stereocenters. The van der Waals surface area contributed by atoms with Gasteiger partial charge in [0.05, 0.1) is 7.11 Å². The molecule has 0 bridgehead atoms. The van der Waals surface area contributed by atoms with Gasteiger partial charge < -0.3 is 14.7 Å². The number of ether oxygens (including phenoxy) is 1. The summed E-state index contributed by atoms with van der Waals surface area (Å²) in [5, 5.41) is 13.2. The fourth-order valence-electron chi connectivity index (χ4n) is 3.40. The fraction of sp³-hybridized carbons (Fsp3) is 0.471. The first-order valence-corrected chi connectivity index (χ1v) is 7.99. The number of hydroxylamine groups is 2. The highest BCUT2D eigenvalue weighted by atomic mass is 35.5. The summed E-state index contributed by atoms with van der Waals surface area (Å²) in [6, 6.07) is 3.64. The summed E-state index contributed by atoms with van der Waals surface area (Å²) in [6.07, 6.45) is 1.00. The summed E-state index contributed by atoms with van der Waals surface area (Å²) in [5.41, 5.74) is 1.63. The summed E-state index contributed by atoms with van der Waals surface area (Å²) in [5.74, 6) is -0.464. The molecule has 23 heavy (non-hydrogen) atoms. The molecule has 0 aliphatic carbocycles. The Morgan fingerprint density at radius 3 is 2.57 bits per heavy atom. The molecule has 2 aliphatic heterocycles. The molecule has 1 N–H and O–H groups in total. The van der Waals surface area contributed by atoms with Crippen LogP contribution in [0.25, 0.3) is 5.57 Å². The molecule has 1 fully saturated rings. The van der Waals surface area contributed by atoms with E-state index in [2.05, 4.69) is 0 Å². The molecule has 2 aliphatic rings. The van der Waals surface area contributed by atoms with Gasteiger partial charge in [0.15, 0.2) is 11.4 Å². The second-order valence-corrected chi connectivity index (χ2v) is 6.49. The molecule has 124 valence electrons. The minimum atomic E-state index is -0.942. The lowest BCUT2D eigenvalue weighted by molar-refractivity contribution is -0.182. The van der Waals surface area contributed by atoms with Gasteiger partial charge in [-0.15, -0.1) is 0 Å². The van der Waals surface area contributed by atoms with Crippen LogP contribution < -0.4 is 0 Å². The van der Waals surface area contributed by atoms with Crippen LogP contribution in [0.4, 0.5) is 0 Å². The van der Waals surface area contributed by atoms with Crippen molar-refractivity contribution in [3.63, 3.8) is 0 Å². The molecule has 0 radical (unpaired) electrons. The standard InChI is InChI=1S/C17H20ClNO4/c1-10-4-5-12(18)11(2)13(10)14-15(20)17(23-16(14)21)6-8-19(22-3)9-7-17/h4-5,20H,6-9H2,1-3H3. The molecule has 1 aromatic rings. The van der Waals surface area contributed by atoms with Crippen molar-refractivity contribution in [2.75, 3.05) is 20.2 Å². The monoisotopic (exact) mass is 337 g/mol. The molecule has 0 atom stereocenters. The average molecular weight is 338 g/mol. The number of halogens is 1. The van der Waals surface area contributed by atoms with E-state index in [9.17, 15) is 9.90 Å². The fourth-order valence-corrected chi connectivity index (χ4v) is 3.55. The Kier molecular flexibility index (Phi) is 4.12. The van der Waals surface area contributed by atoms with E-state index >= 15 is 0 Å². The number of nitrogens with zero attached hydrogens (tertiary/aromatic N) is 1. The molecule has 5 nitrogen and oxygen atoms in total. The van der Waals surface area contributed by atoms with Crippen LogP contribution >= 0.6 is 11.6 Å². The first kappa shape index (κ1) is 16.3. The van der Waals surface area contributed by atoms with Crippen molar-refractivity contribution >= 4 is 23.1 Å². The minimum absolute atomic E-state index is 0.0201. The van der Waals surface area contributed by atoms with Gasteiger partial charge in [-0.25, -0.2) is 4.79 Å². The van der Waals surface area contributed by atoms with Crippen molar-refractivity contribution in [3.8, 4) is 0 Å². The van der Waals surface area contributed by atoms with Gasteiger partial charge in [0.1, 0.15) is 5.57 Å². The Morgan fingerprint density at radius 2 is 1.96 bits per heavy atom. The lowest BCUT2D eigenvalue weighted by Gasteiger charge is -2.36. The summed E-state index contributed by atoms with van der Waals surface area (Å²) in [7, 11) is 1.61. The van der Waals surface area contributed by atoms with Crippen molar-refractivity contribution in [2.45, 2.75) is 32.3 Å². The quantitative estimate of drug-likeness (QED) is 0.840. The summed E-state index contributed by atoms with van der Waals surface area (Å²) in [4.78, 5) is 17.7. The Morgan fingerprint density at radius 1 is 1.30 bits per heavy atom. The van der Waals surface area contributed by atoms with E-state index in [-0.39, 0.29) is 11.3 Å². The van der Waals surface area contributed by atoms with Crippen molar-refractivity contribution in [3.05, 3.63) is 39.6 Å². The van der Waals surface area contributed by atoms with Crippen LogP contribution in [-0.4, -0.2) is 41.9 Å². The molecule has 0 saturated carbocycles. The zero-order valence-electron chi connectivity index (χ0n) is 13.5. The van der Waals surface area contributed by atoms with Crippen molar-refractivity contribution < 1.29 is 19.5 Å². The Balaban J connectivity index is 2.06. The normalized spacial score (nSPS) is 21.1. The number of benzene rings is 1. The van der Waals surface area contributed by atoms with E-state index in [4.69, 9.17) is 21.2 Å². The van der Waals surface area contributed by atoms with Gasteiger partial charge in [-0.3, -0.25) is 0 Å². The first-order chi connectivity index (χ1) is 10.9. The maximum atomic E-state index is 12.5. The summed E-state index contributed by atoms with van der Waals surface area (Å²) in [6.45, 7) is 4.92. The molecule has 1 spiro atoms. The van der Waals surface area contributed by atoms with Crippen LogP contribution in [0.5, 0.6) is 0 Å². The van der Waals surface area contributed by atoms with Crippen molar-refractivity contribution in [2.24, 2.45) is 0 Å². The third kappa shape index (κ3) is 2.53. The van der Waals surface area contributed by atoms with Gasteiger partial charge in [0.25, 0.3) is 0 Å². The maximum Gasteiger partial charge on any atom is 0.343 e. The van der Waals surface area contributed by atoms with E-state index < -0.39 is 11.6 Å². The van der Waals surface area contributed by atoms with Crippen LogP contribution in [0.3, 0.4) is 0 Å². The number of hydrogen-bond acceptors (Lipinski definition) is 5. The predicted molar refractivity (Wildman–Crippen MR) is 87.1 cm³/mol. The molecule has 6 heteroatoms. The number of aliphatic hydroxyl groups excluding tert-OH is 1. The van der Waals surface area contributed by atoms with E-state index in [1.54, 1.807) is 18.2 Å². The van der Waals surface area contributed by atoms with Gasteiger partial charge in [0, 0.05) is 31.0 Å². The second-order valence-electron chi connectivity index (χ2n) is 6.08. The van der Waals surface area contributed by atoms with E-state index in [1.165, 1.54) is 0 Å². The van der Waals surface area contributed by atoms with Crippen LogP contribution in [0.15, 0.2) is 17.9 Å². The zero-order chi connectivity index (χ0) is 16.8. The number of piperidine rings is 1. The Hall–Kier alpha value is -1.56. The van der Waals surface area contributed by atoms with E-state index in [0.717, 1.165) is 11.1 Å². The molecule has 0 aromatic heterocycles. The molecule has 3 rings (SSSR count). The van der Waals surface area contributed by atoms with Gasteiger partial charge in [-0.1, -0.05) is 17.7 Å². The lowest BCUT2D eigenvalue weighted by atomic mass is 9.86. The number of hydrogen-bond donors (Lipinski definition) is 1. The van der Waals surface area contributed by atoms with Gasteiger partial charge in [-0.05, 0) is 36.6 Å². The van der Waals surface area contributed by atoms with Crippen molar-refractivity contribution in [1.82, 2.24) is 5.06 Å². The number of esters is 1. The summed E-state index contributed by atoms with van der Waals surface area (Å²) < 4.78 is 5.62. The largest absolute Gasteiger partial charge is 0.507 e. The van der Waals surface area contributed by atoms with Crippen LogP contribution in [-0.2, 0) is 14.4 Å². The third-order valence-electron chi connectivity index (χ3n) is 4.81. The van der Waals surface area contributed by atoms with Crippen LogP contribution in [0.1, 0.15) is 29.5 Å². The molecular formula is C17H20ClNO4. The van der Waals surface area contributed by atoms with Gasteiger partial charge in [0.2, 0.25) is 0 Å². The molecule has 1 aromatic carbocycles. The van der Waals surface area contributed by atoms with Gasteiger partial charge >= 0.3 is 5.97 Å². The van der Waals surface area contributed by atoms with E-state index in [1.807, 2.05) is 19.9 Å².